The highest BCUT2D eigenvalue weighted by Gasteiger charge is 2.20. The molecule has 0 aromatic heterocycles. The van der Waals surface area contributed by atoms with Crippen LogP contribution < -0.4 is 0 Å². The van der Waals surface area contributed by atoms with E-state index in [4.69, 9.17) is 5.11 Å². The molecule has 0 spiro atoms. The molecule has 0 bridgehead atoms. The van der Waals surface area contributed by atoms with Gasteiger partial charge in [0.05, 0.1) is 16.6 Å². The summed E-state index contributed by atoms with van der Waals surface area (Å²) in [6.07, 6.45) is 2.79. The second kappa shape index (κ2) is 8.02. The molecule has 0 aliphatic heterocycles. The average Bonchev–Trinajstić information content (AvgIpc) is 2.49. The first-order valence-corrected chi connectivity index (χ1v) is 6.90. The summed E-state index contributed by atoms with van der Waals surface area (Å²) in [5, 5.41) is 19.7. The molecule has 0 saturated heterocycles. The van der Waals surface area contributed by atoms with E-state index in [9.17, 15) is 24.1 Å². The van der Waals surface area contributed by atoms with Gasteiger partial charge in [0.15, 0.2) is 0 Å². The molecule has 8 heteroatoms. The standard InChI is InChI=1S/C15H17FN2O5/c1-3-10(2)17(9-15(20)21)14(19)7-5-11-4-6-12(16)8-13(11)18(22)23/h4-8,10H,3,9H2,1-2H3,(H,20,21)/b7-5+. The second-order valence-corrected chi connectivity index (χ2v) is 4.91. The van der Waals surface area contributed by atoms with E-state index in [0.29, 0.717) is 6.42 Å². The first kappa shape index (κ1) is 18.3. The molecule has 7 nitrogen and oxygen atoms in total. The molecule has 1 rings (SSSR count). The molecular formula is C15H17FN2O5. The molecule has 0 aliphatic rings. The number of nitrogens with zero attached hydrogens (tertiary/aromatic N) is 2. The molecule has 0 radical (unpaired) electrons. The number of rotatable bonds is 7. The summed E-state index contributed by atoms with van der Waals surface area (Å²) in [5.41, 5.74) is -0.411. The second-order valence-electron chi connectivity index (χ2n) is 4.91. The van der Waals surface area contributed by atoms with E-state index in [1.165, 1.54) is 12.1 Å². The van der Waals surface area contributed by atoms with E-state index in [2.05, 4.69) is 0 Å². The number of halogens is 1. The summed E-state index contributed by atoms with van der Waals surface area (Å²) in [7, 11) is 0. The van der Waals surface area contributed by atoms with E-state index < -0.39 is 34.8 Å². The number of carbonyl (C=O) groups excluding carboxylic acids is 1. The Balaban J connectivity index is 3.04. The maximum Gasteiger partial charge on any atom is 0.323 e. The number of nitro groups is 1. The minimum absolute atomic E-state index is 0.0594. The van der Waals surface area contributed by atoms with Crippen LogP contribution in [0.1, 0.15) is 25.8 Å². The summed E-state index contributed by atoms with van der Waals surface area (Å²) < 4.78 is 13.1. The van der Waals surface area contributed by atoms with Crippen LogP contribution in [0.4, 0.5) is 10.1 Å². The number of amides is 1. The van der Waals surface area contributed by atoms with Crippen molar-refractivity contribution in [3.05, 3.63) is 45.8 Å². The Morgan fingerprint density at radius 1 is 1.48 bits per heavy atom. The quantitative estimate of drug-likeness (QED) is 0.471. The van der Waals surface area contributed by atoms with E-state index in [-0.39, 0.29) is 11.6 Å². The molecule has 1 aromatic carbocycles. The van der Waals surface area contributed by atoms with Gasteiger partial charge in [-0.25, -0.2) is 4.39 Å². The highest BCUT2D eigenvalue weighted by molar-refractivity contribution is 5.94. The van der Waals surface area contributed by atoms with Crippen LogP contribution in [0.25, 0.3) is 6.08 Å². The van der Waals surface area contributed by atoms with Crippen LogP contribution in [0.5, 0.6) is 0 Å². The van der Waals surface area contributed by atoms with Crippen LogP contribution in [-0.2, 0) is 9.59 Å². The van der Waals surface area contributed by atoms with Crippen molar-refractivity contribution in [2.45, 2.75) is 26.3 Å². The summed E-state index contributed by atoms with van der Waals surface area (Å²) in [4.78, 5) is 34.3. The van der Waals surface area contributed by atoms with Gasteiger partial charge in [0, 0.05) is 12.1 Å². The highest BCUT2D eigenvalue weighted by Crippen LogP contribution is 2.21. The summed E-state index contributed by atoms with van der Waals surface area (Å²) in [6.45, 7) is 3.04. The Kier molecular flexibility index (Phi) is 6.37. The van der Waals surface area contributed by atoms with Crippen molar-refractivity contribution in [3.63, 3.8) is 0 Å². The molecular weight excluding hydrogens is 307 g/mol. The zero-order chi connectivity index (χ0) is 17.6. The Morgan fingerprint density at radius 2 is 2.13 bits per heavy atom. The maximum atomic E-state index is 13.1. The van der Waals surface area contributed by atoms with Crippen LogP contribution in [0.2, 0.25) is 0 Å². The number of hydrogen-bond acceptors (Lipinski definition) is 4. The van der Waals surface area contributed by atoms with Gasteiger partial charge in [0.2, 0.25) is 5.91 Å². The van der Waals surface area contributed by atoms with Crippen molar-refractivity contribution < 1.29 is 24.0 Å². The highest BCUT2D eigenvalue weighted by atomic mass is 19.1. The van der Waals surface area contributed by atoms with Crippen molar-refractivity contribution in [2.75, 3.05) is 6.54 Å². The summed E-state index contributed by atoms with van der Waals surface area (Å²) >= 11 is 0. The number of nitro benzene ring substituents is 1. The number of aliphatic carboxylic acids is 1. The summed E-state index contributed by atoms with van der Waals surface area (Å²) in [5.74, 6) is -2.49. The van der Waals surface area contributed by atoms with E-state index >= 15 is 0 Å². The molecule has 1 atom stereocenters. The van der Waals surface area contributed by atoms with Gasteiger partial charge in [-0.3, -0.25) is 19.7 Å². The van der Waals surface area contributed by atoms with Gasteiger partial charge in [-0.1, -0.05) is 6.92 Å². The molecule has 124 valence electrons. The van der Waals surface area contributed by atoms with Gasteiger partial charge >= 0.3 is 5.97 Å². The summed E-state index contributed by atoms with van der Waals surface area (Å²) in [6, 6.07) is 2.68. The predicted molar refractivity (Wildman–Crippen MR) is 81.2 cm³/mol. The largest absolute Gasteiger partial charge is 0.480 e. The van der Waals surface area contributed by atoms with Gasteiger partial charge in [-0.05, 0) is 31.6 Å². The fourth-order valence-corrected chi connectivity index (χ4v) is 1.89. The molecule has 0 heterocycles. The SMILES string of the molecule is CCC(C)N(CC(=O)O)C(=O)/C=C/c1ccc(F)cc1[N+](=O)[O-]. The first-order valence-electron chi connectivity index (χ1n) is 6.90. The number of carboxylic acids is 1. The number of benzene rings is 1. The maximum absolute atomic E-state index is 13.1. The zero-order valence-corrected chi connectivity index (χ0v) is 12.7. The average molecular weight is 324 g/mol. The topological polar surface area (TPSA) is 101 Å². The lowest BCUT2D eigenvalue weighted by molar-refractivity contribution is -0.385. The Hall–Kier alpha value is -2.77. The third kappa shape index (κ3) is 5.17. The predicted octanol–water partition coefficient (Wildman–Crippen LogP) is 2.46. The lowest BCUT2D eigenvalue weighted by Crippen LogP contribution is -2.40. The van der Waals surface area contributed by atoms with E-state index in [0.717, 1.165) is 23.1 Å². The lowest BCUT2D eigenvalue weighted by Gasteiger charge is -2.25. The first-order chi connectivity index (χ1) is 10.8. The van der Waals surface area contributed by atoms with Gasteiger partial charge < -0.3 is 10.0 Å². The monoisotopic (exact) mass is 324 g/mol. The van der Waals surface area contributed by atoms with Crippen molar-refractivity contribution in [3.8, 4) is 0 Å². The van der Waals surface area contributed by atoms with Crippen LogP contribution in [0, 0.1) is 15.9 Å². The Morgan fingerprint density at radius 3 is 2.65 bits per heavy atom. The molecule has 1 amide bonds. The minimum Gasteiger partial charge on any atom is -0.480 e. The third-order valence-corrected chi connectivity index (χ3v) is 3.31. The number of carbonyl (C=O) groups is 2. The number of carboxylic acid groups (broad SMARTS) is 1. The molecule has 1 N–H and O–H groups in total. The smallest absolute Gasteiger partial charge is 0.323 e. The fraction of sp³-hybridized carbons (Fsp3) is 0.333. The van der Waals surface area contributed by atoms with Crippen molar-refractivity contribution >= 4 is 23.6 Å². The molecule has 1 aromatic rings. The minimum atomic E-state index is -1.15. The van der Waals surface area contributed by atoms with Gasteiger partial charge in [-0.2, -0.15) is 0 Å². The lowest BCUT2D eigenvalue weighted by atomic mass is 10.1. The Bertz CT molecular complexity index is 645. The molecule has 0 saturated carbocycles. The van der Waals surface area contributed by atoms with E-state index in [1.54, 1.807) is 13.8 Å². The van der Waals surface area contributed by atoms with Crippen LogP contribution in [-0.4, -0.2) is 39.4 Å². The normalized spacial score (nSPS) is 12.1. The van der Waals surface area contributed by atoms with Gasteiger partial charge in [0.1, 0.15) is 12.4 Å². The molecule has 1 unspecified atom stereocenters. The van der Waals surface area contributed by atoms with Crippen molar-refractivity contribution in [2.24, 2.45) is 0 Å². The van der Waals surface area contributed by atoms with Crippen molar-refractivity contribution in [1.29, 1.82) is 0 Å². The van der Waals surface area contributed by atoms with Gasteiger partial charge in [0.25, 0.3) is 5.69 Å². The molecule has 0 aliphatic carbocycles. The van der Waals surface area contributed by atoms with E-state index in [1.807, 2.05) is 0 Å². The Labute approximate surface area is 132 Å². The molecule has 23 heavy (non-hydrogen) atoms. The van der Waals surface area contributed by atoms with Crippen LogP contribution in [0.3, 0.4) is 0 Å². The number of hydrogen-bond donors (Lipinski definition) is 1. The van der Waals surface area contributed by atoms with Gasteiger partial charge in [-0.15, -0.1) is 0 Å². The molecule has 0 fully saturated rings. The fourth-order valence-electron chi connectivity index (χ4n) is 1.89. The zero-order valence-electron chi connectivity index (χ0n) is 12.7. The van der Waals surface area contributed by atoms with Crippen molar-refractivity contribution in [1.82, 2.24) is 4.90 Å². The third-order valence-electron chi connectivity index (χ3n) is 3.31. The van der Waals surface area contributed by atoms with Crippen LogP contribution >= 0.6 is 0 Å². The van der Waals surface area contributed by atoms with Crippen LogP contribution in [0.15, 0.2) is 24.3 Å².